The molecule has 1 amide bonds. The third-order valence-electron chi connectivity index (χ3n) is 1.94. The number of hydrogen-bond donors (Lipinski definition) is 1. The van der Waals surface area contributed by atoms with Gasteiger partial charge in [0, 0.05) is 4.47 Å². The third kappa shape index (κ3) is 3.67. The lowest BCUT2D eigenvalue weighted by Crippen LogP contribution is -2.27. The van der Waals surface area contributed by atoms with Crippen LogP contribution in [0.25, 0.3) is 0 Å². The maximum atomic E-state index is 11.1. The van der Waals surface area contributed by atoms with Crippen molar-refractivity contribution in [2.45, 2.75) is 13.0 Å². The number of halogens is 3. The first-order valence-electron chi connectivity index (χ1n) is 4.35. The molecule has 1 rings (SSSR count). The smallest absolute Gasteiger partial charge is 0.235 e. The molecular weight excluding hydrogens is 301 g/mol. The number of nitrogens with one attached hydrogen (secondary N) is 1. The normalized spacial score (nSPS) is 12.3. The van der Waals surface area contributed by atoms with E-state index in [1.807, 2.05) is 25.1 Å². The lowest BCUT2D eigenvalue weighted by Gasteiger charge is -2.13. The van der Waals surface area contributed by atoms with Gasteiger partial charge in [-0.1, -0.05) is 17.7 Å². The Hall–Kier alpha value is -0.250. The van der Waals surface area contributed by atoms with Crippen LogP contribution in [-0.4, -0.2) is 11.8 Å². The Morgan fingerprint density at radius 1 is 1.60 bits per heavy atom. The largest absolute Gasteiger partial charge is 0.349 e. The summed E-state index contributed by atoms with van der Waals surface area (Å²) in [5.41, 5.74) is 0.946. The fraction of sp³-hybridized carbons (Fsp3) is 0.300. The average Bonchev–Trinajstić information content (AvgIpc) is 2.21. The van der Waals surface area contributed by atoms with Crippen LogP contribution in [0, 0.1) is 0 Å². The Morgan fingerprint density at radius 3 is 2.80 bits per heavy atom. The van der Waals surface area contributed by atoms with Crippen LogP contribution >= 0.6 is 39.1 Å². The van der Waals surface area contributed by atoms with Gasteiger partial charge in [-0.15, -0.1) is 11.6 Å². The van der Waals surface area contributed by atoms with Crippen molar-refractivity contribution in [3.05, 3.63) is 33.3 Å². The highest BCUT2D eigenvalue weighted by Gasteiger charge is 2.09. The Balaban J connectivity index is 2.78. The monoisotopic (exact) mass is 309 g/mol. The molecule has 1 N–H and O–H groups in total. The molecule has 0 spiro atoms. The zero-order valence-electron chi connectivity index (χ0n) is 8.06. The number of hydrogen-bond acceptors (Lipinski definition) is 1. The molecule has 0 heterocycles. The molecule has 1 aromatic carbocycles. The summed E-state index contributed by atoms with van der Waals surface area (Å²) < 4.78 is 0.837. The molecule has 1 aromatic rings. The number of benzene rings is 1. The quantitative estimate of drug-likeness (QED) is 0.850. The van der Waals surface area contributed by atoms with Crippen LogP contribution in [-0.2, 0) is 4.79 Å². The van der Waals surface area contributed by atoms with Crippen molar-refractivity contribution < 1.29 is 4.79 Å². The maximum absolute atomic E-state index is 11.1. The minimum absolute atomic E-state index is 0.0331. The first kappa shape index (κ1) is 12.8. The molecule has 0 saturated carbocycles. The highest BCUT2D eigenvalue weighted by atomic mass is 79.9. The summed E-state index contributed by atoms with van der Waals surface area (Å²) >= 11 is 14.6. The van der Waals surface area contributed by atoms with Gasteiger partial charge in [0.15, 0.2) is 0 Å². The molecule has 0 aliphatic carbocycles. The number of amides is 1. The zero-order chi connectivity index (χ0) is 11.4. The molecule has 0 bridgehead atoms. The van der Waals surface area contributed by atoms with E-state index in [4.69, 9.17) is 23.2 Å². The first-order chi connectivity index (χ1) is 7.04. The van der Waals surface area contributed by atoms with E-state index >= 15 is 0 Å². The molecule has 0 fully saturated rings. The molecule has 0 radical (unpaired) electrons. The minimum atomic E-state index is -0.191. The van der Waals surface area contributed by atoms with Crippen molar-refractivity contribution in [2.75, 3.05) is 5.88 Å². The number of alkyl halides is 1. The number of carbonyl (C=O) groups is 1. The van der Waals surface area contributed by atoms with Gasteiger partial charge in [0.1, 0.15) is 5.88 Å². The highest BCUT2D eigenvalue weighted by molar-refractivity contribution is 9.10. The predicted molar refractivity (Wildman–Crippen MR) is 66.4 cm³/mol. The van der Waals surface area contributed by atoms with Gasteiger partial charge in [-0.25, -0.2) is 0 Å². The van der Waals surface area contributed by atoms with Crippen LogP contribution < -0.4 is 5.32 Å². The molecule has 15 heavy (non-hydrogen) atoms. The topological polar surface area (TPSA) is 29.1 Å². The van der Waals surface area contributed by atoms with E-state index in [0.29, 0.717) is 5.02 Å². The summed E-state index contributed by atoms with van der Waals surface area (Å²) in [7, 11) is 0. The summed E-state index contributed by atoms with van der Waals surface area (Å²) in [6, 6.07) is 5.46. The molecule has 0 aromatic heterocycles. The van der Waals surface area contributed by atoms with Crippen LogP contribution in [0.15, 0.2) is 22.7 Å². The SMILES string of the molecule is C[C@H](NC(=O)CCl)c1ccc(Br)c(Cl)c1. The van der Waals surface area contributed by atoms with Crippen LogP contribution in [0.2, 0.25) is 5.02 Å². The van der Waals surface area contributed by atoms with Gasteiger partial charge in [0.25, 0.3) is 0 Å². The van der Waals surface area contributed by atoms with E-state index in [0.717, 1.165) is 10.0 Å². The molecule has 5 heteroatoms. The fourth-order valence-electron chi connectivity index (χ4n) is 1.15. The van der Waals surface area contributed by atoms with Gasteiger partial charge in [-0.05, 0) is 40.5 Å². The Morgan fingerprint density at radius 2 is 2.27 bits per heavy atom. The molecule has 0 aliphatic heterocycles. The summed E-state index contributed by atoms with van der Waals surface area (Å²) in [5.74, 6) is -0.225. The molecule has 82 valence electrons. The average molecular weight is 311 g/mol. The van der Waals surface area contributed by atoms with E-state index in [-0.39, 0.29) is 17.8 Å². The van der Waals surface area contributed by atoms with Crippen molar-refractivity contribution in [3.8, 4) is 0 Å². The second kappa shape index (κ2) is 5.73. The summed E-state index contributed by atoms with van der Waals surface area (Å²) in [4.78, 5) is 11.1. The summed E-state index contributed by atoms with van der Waals surface area (Å²) in [5, 5.41) is 3.37. The molecule has 2 nitrogen and oxygen atoms in total. The molecular formula is C10H10BrCl2NO. The van der Waals surface area contributed by atoms with Crippen molar-refractivity contribution in [2.24, 2.45) is 0 Å². The van der Waals surface area contributed by atoms with Gasteiger partial charge in [-0.3, -0.25) is 4.79 Å². The van der Waals surface area contributed by atoms with E-state index < -0.39 is 0 Å². The highest BCUT2D eigenvalue weighted by Crippen LogP contribution is 2.25. The molecule has 1 atom stereocenters. The Kier molecular flexibility index (Phi) is 4.90. The van der Waals surface area contributed by atoms with Gasteiger partial charge in [0.2, 0.25) is 5.91 Å². The van der Waals surface area contributed by atoms with E-state index in [1.54, 1.807) is 0 Å². The summed E-state index contributed by atoms with van der Waals surface area (Å²) in [6.07, 6.45) is 0. The first-order valence-corrected chi connectivity index (χ1v) is 6.05. The van der Waals surface area contributed by atoms with Crippen molar-refractivity contribution in [1.29, 1.82) is 0 Å². The Labute approximate surface area is 107 Å². The van der Waals surface area contributed by atoms with Gasteiger partial charge in [0.05, 0.1) is 11.1 Å². The van der Waals surface area contributed by atoms with E-state index in [9.17, 15) is 4.79 Å². The molecule has 0 saturated heterocycles. The van der Waals surface area contributed by atoms with Crippen LogP contribution in [0.4, 0.5) is 0 Å². The zero-order valence-corrected chi connectivity index (χ0v) is 11.2. The Bertz CT molecular complexity index is 370. The third-order valence-corrected chi connectivity index (χ3v) is 3.42. The van der Waals surface area contributed by atoms with Crippen LogP contribution in [0.3, 0.4) is 0 Å². The van der Waals surface area contributed by atoms with Gasteiger partial charge >= 0.3 is 0 Å². The number of rotatable bonds is 3. The minimum Gasteiger partial charge on any atom is -0.349 e. The van der Waals surface area contributed by atoms with Crippen molar-refractivity contribution in [1.82, 2.24) is 5.32 Å². The lowest BCUT2D eigenvalue weighted by molar-refractivity contribution is -0.119. The second-order valence-electron chi connectivity index (χ2n) is 3.10. The van der Waals surface area contributed by atoms with Crippen molar-refractivity contribution >= 4 is 45.0 Å². The number of carbonyl (C=O) groups excluding carboxylic acids is 1. The fourth-order valence-corrected chi connectivity index (χ4v) is 1.66. The summed E-state index contributed by atoms with van der Waals surface area (Å²) in [6.45, 7) is 1.88. The molecule has 0 aliphatic rings. The standard InChI is InChI=1S/C10H10BrCl2NO/c1-6(14-10(15)5-12)7-2-3-8(11)9(13)4-7/h2-4,6H,5H2,1H3,(H,14,15)/t6-/m0/s1. The van der Waals surface area contributed by atoms with Gasteiger partial charge in [-0.2, -0.15) is 0 Å². The van der Waals surface area contributed by atoms with Gasteiger partial charge < -0.3 is 5.32 Å². The lowest BCUT2D eigenvalue weighted by atomic mass is 10.1. The van der Waals surface area contributed by atoms with Crippen molar-refractivity contribution in [3.63, 3.8) is 0 Å². The van der Waals surface area contributed by atoms with E-state index in [1.165, 1.54) is 0 Å². The van der Waals surface area contributed by atoms with Crippen LogP contribution in [0.5, 0.6) is 0 Å². The van der Waals surface area contributed by atoms with E-state index in [2.05, 4.69) is 21.2 Å². The second-order valence-corrected chi connectivity index (χ2v) is 4.63. The maximum Gasteiger partial charge on any atom is 0.235 e. The van der Waals surface area contributed by atoms with Crippen LogP contribution in [0.1, 0.15) is 18.5 Å². The molecule has 0 unspecified atom stereocenters. The predicted octanol–water partition coefficient (Wildman–Crippen LogP) is 3.52.